The van der Waals surface area contributed by atoms with Crippen LogP contribution in [0.15, 0.2) is 26.5 Å². The van der Waals surface area contributed by atoms with Gasteiger partial charge in [-0.1, -0.05) is 15.9 Å². The second-order valence-corrected chi connectivity index (χ2v) is 8.62. The minimum Gasteiger partial charge on any atom is -0.493 e. The third-order valence-electron chi connectivity index (χ3n) is 3.82. The van der Waals surface area contributed by atoms with Crippen LogP contribution in [0.3, 0.4) is 0 Å². The van der Waals surface area contributed by atoms with Gasteiger partial charge in [-0.3, -0.25) is 0 Å². The highest BCUT2D eigenvalue weighted by atomic mass is 79.9. The molecule has 2 heterocycles. The number of hydrogen-bond donors (Lipinski definition) is 1. The van der Waals surface area contributed by atoms with Crippen molar-refractivity contribution in [3.63, 3.8) is 0 Å². The van der Waals surface area contributed by atoms with E-state index in [0.717, 1.165) is 29.7 Å². The maximum Gasteiger partial charge on any atom is 0.125 e. The maximum absolute atomic E-state index is 5.84. The third kappa shape index (κ3) is 3.21. The van der Waals surface area contributed by atoms with Gasteiger partial charge in [-0.2, -0.15) is 0 Å². The Morgan fingerprint density at radius 2 is 2.14 bits per heavy atom. The summed E-state index contributed by atoms with van der Waals surface area (Å²) >= 11 is 9.04. The molecule has 2 aromatic rings. The number of nitrogens with one attached hydrogen (secondary N) is 1. The van der Waals surface area contributed by atoms with Gasteiger partial charge in [-0.25, -0.2) is 0 Å². The van der Waals surface area contributed by atoms with E-state index in [1.165, 1.54) is 25.4 Å². The summed E-state index contributed by atoms with van der Waals surface area (Å²) in [5, 5.41) is 3.44. The van der Waals surface area contributed by atoms with E-state index in [9.17, 15) is 0 Å². The Morgan fingerprint density at radius 3 is 2.81 bits per heavy atom. The zero-order valence-corrected chi connectivity index (χ0v) is 16.0. The molecule has 1 aromatic carbocycles. The molecular formula is C16H17Br2NOS. The average molecular weight is 431 g/mol. The Labute approximate surface area is 146 Å². The van der Waals surface area contributed by atoms with Crippen LogP contribution in [-0.4, -0.2) is 13.7 Å². The molecular weight excluding hydrogens is 414 g/mol. The van der Waals surface area contributed by atoms with Gasteiger partial charge in [0.2, 0.25) is 0 Å². The molecule has 0 saturated heterocycles. The number of hydrogen-bond acceptors (Lipinski definition) is 3. The van der Waals surface area contributed by atoms with Crippen LogP contribution in [0.2, 0.25) is 0 Å². The van der Waals surface area contributed by atoms with Crippen molar-refractivity contribution in [3.05, 3.63) is 48.0 Å². The molecule has 1 aliphatic heterocycles. The first-order valence-corrected chi connectivity index (χ1v) is 9.36. The Balaban J connectivity index is 1.91. The lowest BCUT2D eigenvalue weighted by Crippen LogP contribution is -2.18. The van der Waals surface area contributed by atoms with Crippen LogP contribution in [-0.2, 0) is 12.8 Å². The molecule has 1 aliphatic rings. The fourth-order valence-electron chi connectivity index (χ4n) is 2.72. The number of aryl methyl sites for hydroxylation is 1. The van der Waals surface area contributed by atoms with Crippen LogP contribution in [0.1, 0.15) is 27.6 Å². The van der Waals surface area contributed by atoms with Crippen molar-refractivity contribution >= 4 is 43.2 Å². The van der Waals surface area contributed by atoms with Crippen LogP contribution in [0.4, 0.5) is 0 Å². The summed E-state index contributed by atoms with van der Waals surface area (Å²) in [5.41, 5.74) is 3.89. The molecule has 21 heavy (non-hydrogen) atoms. The van der Waals surface area contributed by atoms with Gasteiger partial charge >= 0.3 is 0 Å². The molecule has 0 fully saturated rings. The minimum atomic E-state index is 0.308. The van der Waals surface area contributed by atoms with Gasteiger partial charge in [0.05, 0.1) is 10.4 Å². The number of ether oxygens (including phenoxy) is 1. The molecule has 0 bridgehead atoms. The predicted molar refractivity (Wildman–Crippen MR) is 95.6 cm³/mol. The van der Waals surface area contributed by atoms with Crippen molar-refractivity contribution in [2.24, 2.45) is 0 Å². The van der Waals surface area contributed by atoms with Crippen molar-refractivity contribution in [1.82, 2.24) is 5.32 Å². The second kappa shape index (κ2) is 6.41. The van der Waals surface area contributed by atoms with Crippen molar-refractivity contribution in [1.29, 1.82) is 0 Å². The van der Waals surface area contributed by atoms with E-state index in [0.29, 0.717) is 6.04 Å². The highest BCUT2D eigenvalue weighted by molar-refractivity contribution is 9.11. The molecule has 0 aliphatic carbocycles. The molecule has 2 nitrogen and oxygen atoms in total. The Hall–Kier alpha value is -0.360. The van der Waals surface area contributed by atoms with Gasteiger partial charge in [-0.05, 0) is 71.2 Å². The number of benzene rings is 1. The predicted octanol–water partition coefficient (Wildman–Crippen LogP) is 5.02. The van der Waals surface area contributed by atoms with Gasteiger partial charge in [0.1, 0.15) is 5.75 Å². The maximum atomic E-state index is 5.84. The summed E-state index contributed by atoms with van der Waals surface area (Å²) in [6.45, 7) is 2.93. The smallest absolute Gasteiger partial charge is 0.125 e. The fourth-order valence-corrected chi connectivity index (χ4v) is 4.95. The number of likely N-dealkylation sites (N-methyl/N-ethyl adjacent to an activating group) is 1. The summed E-state index contributed by atoms with van der Waals surface area (Å²) < 4.78 is 8.20. The van der Waals surface area contributed by atoms with E-state index in [-0.39, 0.29) is 0 Å². The third-order valence-corrected chi connectivity index (χ3v) is 6.53. The zero-order chi connectivity index (χ0) is 15.0. The Bertz CT molecular complexity index is 649. The first-order chi connectivity index (χ1) is 10.1. The summed E-state index contributed by atoms with van der Waals surface area (Å²) in [7, 11) is 2.02. The van der Waals surface area contributed by atoms with E-state index in [1.54, 1.807) is 11.3 Å². The van der Waals surface area contributed by atoms with Gasteiger partial charge in [0, 0.05) is 21.8 Å². The minimum absolute atomic E-state index is 0.308. The number of thiophene rings is 1. The molecule has 112 valence electrons. The highest BCUT2D eigenvalue weighted by Crippen LogP contribution is 2.37. The zero-order valence-electron chi connectivity index (χ0n) is 12.0. The number of fused-ring (bicyclic) bond motifs is 1. The molecule has 1 N–H and O–H groups in total. The van der Waals surface area contributed by atoms with Crippen LogP contribution < -0.4 is 10.1 Å². The number of halogens is 2. The van der Waals surface area contributed by atoms with Gasteiger partial charge < -0.3 is 10.1 Å². The number of rotatable bonds is 4. The van der Waals surface area contributed by atoms with E-state index >= 15 is 0 Å². The van der Waals surface area contributed by atoms with Crippen molar-refractivity contribution in [2.75, 3.05) is 13.7 Å². The molecule has 0 radical (unpaired) electrons. The van der Waals surface area contributed by atoms with Crippen LogP contribution in [0.25, 0.3) is 0 Å². The summed E-state index contributed by atoms with van der Waals surface area (Å²) in [6.07, 6.45) is 1.94. The quantitative estimate of drug-likeness (QED) is 0.735. The second-order valence-electron chi connectivity index (χ2n) is 5.30. The standard InChI is InChI=1S/C16H17Br2NOS/c1-9-5-14(21-16(9)18)13(19-2)8-11-7-12(17)6-10-3-4-20-15(10)11/h5-7,13,19H,3-4,8H2,1-2H3. The topological polar surface area (TPSA) is 21.3 Å². The Morgan fingerprint density at radius 1 is 1.33 bits per heavy atom. The molecule has 0 saturated carbocycles. The van der Waals surface area contributed by atoms with Crippen LogP contribution >= 0.6 is 43.2 Å². The molecule has 1 unspecified atom stereocenters. The fraction of sp³-hybridized carbons (Fsp3) is 0.375. The lowest BCUT2D eigenvalue weighted by Gasteiger charge is -2.17. The molecule has 0 amide bonds. The molecule has 5 heteroatoms. The normalized spacial score (nSPS) is 14.9. The van der Waals surface area contributed by atoms with Crippen molar-refractivity contribution in [2.45, 2.75) is 25.8 Å². The molecule has 1 atom stereocenters. The lowest BCUT2D eigenvalue weighted by molar-refractivity contribution is 0.352. The average Bonchev–Trinajstić information content (AvgIpc) is 3.03. The molecule has 3 rings (SSSR count). The van der Waals surface area contributed by atoms with Crippen LogP contribution in [0, 0.1) is 6.92 Å². The van der Waals surface area contributed by atoms with E-state index in [4.69, 9.17) is 4.74 Å². The van der Waals surface area contributed by atoms with Crippen molar-refractivity contribution < 1.29 is 4.74 Å². The largest absolute Gasteiger partial charge is 0.493 e. The van der Waals surface area contributed by atoms with Crippen LogP contribution in [0.5, 0.6) is 5.75 Å². The Kier molecular flexibility index (Phi) is 4.74. The first-order valence-electron chi connectivity index (χ1n) is 6.95. The lowest BCUT2D eigenvalue weighted by atomic mass is 10.0. The summed E-state index contributed by atoms with van der Waals surface area (Å²) in [6, 6.07) is 6.92. The first kappa shape index (κ1) is 15.5. The van der Waals surface area contributed by atoms with E-state index < -0.39 is 0 Å². The van der Waals surface area contributed by atoms with E-state index in [1.807, 2.05) is 7.05 Å². The highest BCUT2D eigenvalue weighted by Gasteiger charge is 2.21. The van der Waals surface area contributed by atoms with Gasteiger partial charge in [0.25, 0.3) is 0 Å². The van der Waals surface area contributed by atoms with Gasteiger partial charge in [0.15, 0.2) is 0 Å². The van der Waals surface area contributed by atoms with Crippen molar-refractivity contribution in [3.8, 4) is 5.75 Å². The van der Waals surface area contributed by atoms with Gasteiger partial charge in [-0.15, -0.1) is 11.3 Å². The van der Waals surface area contributed by atoms with E-state index in [2.05, 4.69) is 62.3 Å². The molecule has 1 aromatic heterocycles. The monoisotopic (exact) mass is 429 g/mol. The summed E-state index contributed by atoms with van der Waals surface area (Å²) in [5.74, 6) is 1.09. The summed E-state index contributed by atoms with van der Waals surface area (Å²) in [4.78, 5) is 1.36. The SMILES string of the molecule is CNC(Cc1cc(Br)cc2c1OCC2)c1cc(C)c(Br)s1. The molecule has 0 spiro atoms.